The number of aromatic hydroxyl groups is 1. The minimum Gasteiger partial charge on any atom is -0.507 e. The second-order valence-corrected chi connectivity index (χ2v) is 12.1. The van der Waals surface area contributed by atoms with Gasteiger partial charge in [0.2, 0.25) is 0 Å². The molecular weight excluding hydrogens is 608 g/mol. The first-order valence-corrected chi connectivity index (χ1v) is 16.2. The van der Waals surface area contributed by atoms with Gasteiger partial charge in [-0.2, -0.15) is 0 Å². The van der Waals surface area contributed by atoms with Crippen LogP contribution in [-0.4, -0.2) is 43.8 Å². The number of benzene rings is 4. The summed E-state index contributed by atoms with van der Waals surface area (Å²) in [6, 6.07) is 35.5. The highest BCUT2D eigenvalue weighted by molar-refractivity contribution is 5.84. The molecule has 3 heterocycles. The molecule has 0 spiro atoms. The molecule has 244 valence electrons. The number of phenols is 1. The summed E-state index contributed by atoms with van der Waals surface area (Å²) in [5.74, 6) is 0.177. The number of fused-ring (bicyclic) bond motifs is 3. The van der Waals surface area contributed by atoms with Crippen LogP contribution in [0.3, 0.4) is 0 Å². The maximum Gasteiger partial charge on any atom is 0.180 e. The number of nitrogens with zero attached hydrogens (tertiary/aromatic N) is 8. The zero-order valence-corrected chi connectivity index (χ0v) is 28.5. The summed E-state index contributed by atoms with van der Waals surface area (Å²) in [4.78, 5) is 21.3. The third kappa shape index (κ3) is 5.69. The van der Waals surface area contributed by atoms with Gasteiger partial charge in [0, 0.05) is 36.3 Å². The third-order valence-electron chi connectivity index (χ3n) is 8.99. The zero-order valence-electron chi connectivity index (χ0n) is 28.5. The van der Waals surface area contributed by atoms with E-state index < -0.39 is 0 Å². The van der Waals surface area contributed by atoms with E-state index in [2.05, 4.69) is 43.0 Å². The van der Waals surface area contributed by atoms with Crippen LogP contribution in [-0.2, 0) is 14.1 Å². The van der Waals surface area contributed by atoms with E-state index >= 15 is 0 Å². The molecule has 0 amide bonds. The molecule has 4 aromatic carbocycles. The lowest BCUT2D eigenvalue weighted by molar-refractivity contribution is 0.474. The van der Waals surface area contributed by atoms with Gasteiger partial charge >= 0.3 is 0 Å². The van der Waals surface area contributed by atoms with Crippen molar-refractivity contribution in [3.05, 3.63) is 143 Å². The lowest BCUT2D eigenvalue weighted by Crippen LogP contribution is -2.12. The summed E-state index contributed by atoms with van der Waals surface area (Å²) >= 11 is 0. The zero-order chi connectivity index (χ0) is 34.2. The molecule has 0 atom stereocenters. The van der Waals surface area contributed by atoms with Crippen LogP contribution in [0.4, 0.5) is 0 Å². The Labute approximate surface area is 284 Å². The average Bonchev–Trinajstić information content (AvgIpc) is 3.48. The van der Waals surface area contributed by atoms with E-state index in [-0.39, 0.29) is 5.75 Å². The number of aromatic nitrogens is 8. The number of rotatable bonds is 3. The lowest BCUT2D eigenvalue weighted by Gasteiger charge is -2.09. The van der Waals surface area contributed by atoms with Crippen LogP contribution in [0, 0.1) is 27.7 Å². The van der Waals surface area contributed by atoms with Crippen molar-refractivity contribution in [2.45, 2.75) is 27.7 Å². The summed E-state index contributed by atoms with van der Waals surface area (Å²) in [7, 11) is 4.03. The van der Waals surface area contributed by atoms with Gasteiger partial charge in [-0.3, -0.25) is 9.36 Å². The van der Waals surface area contributed by atoms with Crippen molar-refractivity contribution in [3.8, 4) is 17.1 Å². The van der Waals surface area contributed by atoms with Crippen molar-refractivity contribution in [2.24, 2.45) is 14.1 Å². The smallest absolute Gasteiger partial charge is 0.180 e. The Morgan fingerprint density at radius 2 is 0.918 bits per heavy atom. The first-order valence-electron chi connectivity index (χ1n) is 16.2. The Hall–Kier alpha value is -6.22. The number of hydrogen-bond donors (Lipinski definition) is 1. The van der Waals surface area contributed by atoms with Crippen LogP contribution in [0.25, 0.3) is 50.8 Å². The fourth-order valence-electron chi connectivity index (χ4n) is 6.18. The highest BCUT2D eigenvalue weighted by Gasteiger charge is 2.16. The summed E-state index contributed by atoms with van der Waals surface area (Å²) < 4.78 is 8.30. The van der Waals surface area contributed by atoms with Crippen LogP contribution >= 0.6 is 0 Å². The van der Waals surface area contributed by atoms with Gasteiger partial charge in [-0.15, -0.1) is 0 Å². The van der Waals surface area contributed by atoms with Gasteiger partial charge < -0.3 is 5.11 Å². The highest BCUT2D eigenvalue weighted by Crippen LogP contribution is 2.24. The van der Waals surface area contributed by atoms with Gasteiger partial charge in [0.1, 0.15) is 16.8 Å². The molecule has 0 aliphatic carbocycles. The van der Waals surface area contributed by atoms with Crippen molar-refractivity contribution in [2.75, 3.05) is 0 Å². The van der Waals surface area contributed by atoms with Crippen molar-refractivity contribution >= 4 is 39.4 Å². The van der Waals surface area contributed by atoms with Crippen LogP contribution in [0.1, 0.15) is 28.3 Å². The number of phenolic OH excluding ortho intramolecular Hbond substituents is 1. The first kappa shape index (κ1) is 31.4. The minimum atomic E-state index is 0.177. The third-order valence-corrected chi connectivity index (χ3v) is 8.99. The predicted molar refractivity (Wildman–Crippen MR) is 197 cm³/mol. The van der Waals surface area contributed by atoms with Crippen molar-refractivity contribution in [1.29, 1.82) is 0 Å². The van der Waals surface area contributed by atoms with E-state index in [1.54, 1.807) is 6.07 Å². The van der Waals surface area contributed by atoms with E-state index in [0.717, 1.165) is 50.4 Å². The van der Waals surface area contributed by atoms with Gasteiger partial charge in [-0.25, -0.2) is 29.3 Å². The summed E-state index contributed by atoms with van der Waals surface area (Å²) in [6.45, 7) is 8.06. The minimum absolute atomic E-state index is 0.177. The molecule has 3 aromatic heterocycles. The number of aryl methyl sites for hydroxylation is 4. The largest absolute Gasteiger partial charge is 0.507 e. The van der Waals surface area contributed by atoms with E-state index in [1.165, 1.54) is 0 Å². The van der Waals surface area contributed by atoms with Gasteiger partial charge in [-0.05, 0) is 76.2 Å². The molecule has 49 heavy (non-hydrogen) atoms. The normalized spacial score (nSPS) is 11.1. The monoisotopic (exact) mass is 646 g/mol. The van der Waals surface area contributed by atoms with Crippen LogP contribution < -0.4 is 5.22 Å². The summed E-state index contributed by atoms with van der Waals surface area (Å²) in [5, 5.41) is 11.6. The molecule has 0 radical (unpaired) electrons. The number of hydrogen-bond acceptors (Lipinski definition) is 5. The Kier molecular flexibility index (Phi) is 8.17. The Bertz CT molecular complexity index is 2420. The molecule has 7 aromatic rings. The predicted octanol–water partition coefficient (Wildman–Crippen LogP) is 7.28. The van der Waals surface area contributed by atoms with E-state index in [0.29, 0.717) is 27.9 Å². The topological polar surface area (TPSA) is 91.5 Å². The van der Waals surface area contributed by atoms with Crippen LogP contribution in [0.15, 0.2) is 109 Å². The molecule has 7 rings (SSSR count). The average molecular weight is 647 g/mol. The molecule has 0 aliphatic rings. The van der Waals surface area contributed by atoms with Crippen molar-refractivity contribution in [3.63, 3.8) is 0 Å². The Morgan fingerprint density at radius 1 is 0.510 bits per heavy atom. The molecule has 0 saturated heterocycles. The Morgan fingerprint density at radius 3 is 1.37 bits per heavy atom. The second-order valence-electron chi connectivity index (χ2n) is 12.1. The van der Waals surface area contributed by atoms with Crippen LogP contribution in [0.5, 0.6) is 5.75 Å². The van der Waals surface area contributed by atoms with Gasteiger partial charge in [0.15, 0.2) is 11.3 Å². The summed E-state index contributed by atoms with van der Waals surface area (Å²) in [6.07, 6.45) is 1.95. The molecule has 0 bridgehead atoms. The van der Waals surface area contributed by atoms with Crippen molar-refractivity contribution in [1.82, 2.24) is 38.7 Å². The van der Waals surface area contributed by atoms with Gasteiger partial charge in [0.25, 0.3) is 0 Å². The molecule has 0 saturated carbocycles. The first-order chi connectivity index (χ1) is 23.7. The van der Waals surface area contributed by atoms with Crippen molar-refractivity contribution < 1.29 is 5.11 Å². The molecule has 9 heteroatoms. The van der Waals surface area contributed by atoms with E-state index in [4.69, 9.17) is 19.9 Å². The molecule has 0 unspecified atom stereocenters. The quantitative estimate of drug-likeness (QED) is 0.218. The van der Waals surface area contributed by atoms with E-state index in [9.17, 15) is 5.11 Å². The maximum absolute atomic E-state index is 10.8. The van der Waals surface area contributed by atoms with Gasteiger partial charge in [0.05, 0.1) is 33.8 Å². The highest BCUT2D eigenvalue weighted by atomic mass is 16.3. The fraction of sp³-hybridized carbons (Fsp3) is 0.150. The summed E-state index contributed by atoms with van der Waals surface area (Å²) in [5.41, 5.74) is 10.1. The van der Waals surface area contributed by atoms with E-state index in [1.807, 2.05) is 127 Å². The van der Waals surface area contributed by atoms with Gasteiger partial charge in [-0.1, -0.05) is 66.7 Å². The standard InChI is InChI=1S/C40H38N8O/c1-26-33(25-30-17-13-16-24-36(30)49)27(2)42-38-29(4)46(6)48(32-20-11-8-12-21-32)40(38)44-35-23-15-14-22-34(35)43-39-37(41-26)28(3)45(5)47(39)31-18-9-7-10-19-31/h7-25,49H,1-6H3. The molecule has 0 fully saturated rings. The second kappa shape index (κ2) is 12.8. The molecule has 1 N–H and O–H groups in total. The maximum atomic E-state index is 10.8. The van der Waals surface area contributed by atoms with Crippen LogP contribution in [0.2, 0.25) is 0 Å². The lowest BCUT2D eigenvalue weighted by atomic mass is 10.1. The molecule has 9 nitrogen and oxygen atoms in total. The molecular formula is C40H38N8O. The molecule has 0 aliphatic heterocycles. The number of para-hydroxylation sites is 5. The Balaban J connectivity index is 1.79. The fourth-order valence-corrected chi connectivity index (χ4v) is 6.18. The SMILES string of the molecule is Cc1nc2c(C)n(C)n(-c3ccccc3)c2nc2ccccc2nc2c(nc(C)c1=Cc1ccccc1O)c(C)n(C)n2-c1ccccc1.